The van der Waals surface area contributed by atoms with Gasteiger partial charge in [-0.05, 0) is 129 Å². The van der Waals surface area contributed by atoms with Crippen molar-refractivity contribution in [1.82, 2.24) is 5.32 Å². The van der Waals surface area contributed by atoms with Crippen molar-refractivity contribution in [1.29, 1.82) is 0 Å². The third-order valence-electron chi connectivity index (χ3n) is 13.3. The maximum absolute atomic E-state index is 14.4. The molecule has 1 amide bonds. The zero-order valence-corrected chi connectivity index (χ0v) is 29.9. The quantitative estimate of drug-likeness (QED) is 0.157. The Balaban J connectivity index is 1.60. The first kappa shape index (κ1) is 35.2. The lowest BCUT2D eigenvalue weighted by molar-refractivity contribution is -0.234. The van der Waals surface area contributed by atoms with Crippen molar-refractivity contribution in [2.24, 2.45) is 39.9 Å². The van der Waals surface area contributed by atoms with Gasteiger partial charge in [-0.1, -0.05) is 69.1 Å². The van der Waals surface area contributed by atoms with Crippen LogP contribution in [0.2, 0.25) is 5.02 Å². The lowest BCUT2D eigenvalue weighted by atomic mass is 9.36. The number of benzene rings is 1. The number of halogens is 1. The van der Waals surface area contributed by atoms with E-state index in [9.17, 15) is 19.8 Å². The lowest BCUT2D eigenvalue weighted by Gasteiger charge is -2.69. The fraction of sp³-hybridized carbons (Fsp3) is 0.692. The summed E-state index contributed by atoms with van der Waals surface area (Å²) >= 11 is 6.52. The number of hydrogen-bond donors (Lipinski definition) is 3. The third-order valence-corrected chi connectivity index (χ3v) is 13.6. The van der Waals surface area contributed by atoms with E-state index in [1.165, 1.54) is 12.5 Å². The molecule has 4 aliphatic rings. The zero-order chi connectivity index (χ0) is 33.8. The molecule has 0 unspecified atom stereocenters. The molecule has 5 rings (SSSR count). The minimum Gasteiger partial charge on any atom is -0.458 e. The number of nitrogens with one attached hydrogen (secondary N) is 1. The molecular weight excluding hydrogens is 598 g/mol. The molecule has 7 heteroatoms. The van der Waals surface area contributed by atoms with Crippen molar-refractivity contribution in [2.75, 3.05) is 0 Å². The van der Waals surface area contributed by atoms with Crippen molar-refractivity contribution in [3.8, 4) is 0 Å². The van der Waals surface area contributed by atoms with Gasteiger partial charge in [0.25, 0.3) is 0 Å². The molecule has 1 aromatic carbocycles. The van der Waals surface area contributed by atoms with Crippen LogP contribution >= 0.6 is 11.6 Å². The van der Waals surface area contributed by atoms with Crippen molar-refractivity contribution in [2.45, 2.75) is 131 Å². The Morgan fingerprint density at radius 2 is 1.76 bits per heavy atom. The van der Waals surface area contributed by atoms with Gasteiger partial charge in [0, 0.05) is 17.5 Å². The van der Waals surface area contributed by atoms with Gasteiger partial charge in [-0.25, -0.2) is 0 Å². The SMILES string of the molecule is CC(=O)O[C@H]1C[C@@]2(C)[C@@H](C[C@@H](O)[C@H]3[C@@]4(C)CC[C@@H](O)[C@@H](C)[C@@H]4CC[C@@]32C)/C1=C(\CCC=C(C)C)C(=O)N[C@H](C)c1ccccc1Cl. The van der Waals surface area contributed by atoms with Crippen LogP contribution < -0.4 is 5.32 Å². The number of hydrogen-bond acceptors (Lipinski definition) is 5. The van der Waals surface area contributed by atoms with E-state index in [1.54, 1.807) is 0 Å². The normalized spacial score (nSPS) is 40.1. The molecule has 6 nitrogen and oxygen atoms in total. The van der Waals surface area contributed by atoms with Gasteiger partial charge in [0.15, 0.2) is 0 Å². The molecule has 254 valence electrons. The second-order valence-corrected chi connectivity index (χ2v) is 16.5. The number of aliphatic hydroxyl groups is 2. The summed E-state index contributed by atoms with van der Waals surface area (Å²) in [6.45, 7) is 16.7. The molecule has 1 aromatic rings. The molecule has 0 bridgehead atoms. The van der Waals surface area contributed by atoms with Crippen molar-refractivity contribution in [3.05, 3.63) is 57.6 Å². The highest BCUT2D eigenvalue weighted by atomic mass is 35.5. The third kappa shape index (κ3) is 5.89. The molecule has 4 aliphatic carbocycles. The van der Waals surface area contributed by atoms with E-state index >= 15 is 0 Å². The molecule has 11 atom stereocenters. The Morgan fingerprint density at radius 3 is 2.41 bits per heavy atom. The minimum absolute atomic E-state index is 0.0514. The Kier molecular flexibility index (Phi) is 9.97. The summed E-state index contributed by atoms with van der Waals surface area (Å²) in [5, 5.41) is 26.9. The maximum atomic E-state index is 14.4. The molecule has 0 heterocycles. The van der Waals surface area contributed by atoms with E-state index in [4.69, 9.17) is 16.3 Å². The fourth-order valence-electron chi connectivity index (χ4n) is 11.0. The van der Waals surface area contributed by atoms with Crippen LogP contribution in [-0.2, 0) is 14.3 Å². The van der Waals surface area contributed by atoms with Gasteiger partial charge < -0.3 is 20.3 Å². The molecule has 3 N–H and O–H groups in total. The highest BCUT2D eigenvalue weighted by Gasteiger charge is 2.70. The summed E-state index contributed by atoms with van der Waals surface area (Å²) in [5.41, 5.74) is 2.95. The Bertz CT molecular complexity index is 1400. The van der Waals surface area contributed by atoms with Gasteiger partial charge in [0.2, 0.25) is 5.91 Å². The van der Waals surface area contributed by atoms with Crippen molar-refractivity contribution in [3.63, 3.8) is 0 Å². The molecule has 0 aliphatic heterocycles. The van der Waals surface area contributed by atoms with Gasteiger partial charge in [0.1, 0.15) is 6.10 Å². The van der Waals surface area contributed by atoms with E-state index in [1.807, 2.05) is 31.2 Å². The molecule has 0 aromatic heterocycles. The number of amides is 1. The number of fused-ring (bicyclic) bond motifs is 5. The number of ether oxygens (including phenoxy) is 1. The van der Waals surface area contributed by atoms with E-state index in [2.05, 4.69) is 52.9 Å². The second kappa shape index (κ2) is 13.0. The molecule has 0 radical (unpaired) electrons. The summed E-state index contributed by atoms with van der Waals surface area (Å²) in [6.07, 6.45) is 6.70. The Morgan fingerprint density at radius 1 is 1.07 bits per heavy atom. The highest BCUT2D eigenvalue weighted by molar-refractivity contribution is 6.31. The van der Waals surface area contributed by atoms with Crippen LogP contribution in [0.1, 0.15) is 118 Å². The monoisotopic (exact) mass is 653 g/mol. The van der Waals surface area contributed by atoms with Gasteiger partial charge in [-0.15, -0.1) is 0 Å². The zero-order valence-electron chi connectivity index (χ0n) is 29.2. The first-order valence-electron chi connectivity index (χ1n) is 17.5. The average molecular weight is 654 g/mol. The number of allylic oxidation sites excluding steroid dienone is 2. The number of carbonyl (C=O) groups is 2. The number of carbonyl (C=O) groups excluding carboxylic acids is 2. The van der Waals surface area contributed by atoms with Gasteiger partial charge in [-0.3, -0.25) is 9.59 Å². The van der Waals surface area contributed by atoms with Gasteiger partial charge in [-0.2, -0.15) is 0 Å². The predicted molar refractivity (Wildman–Crippen MR) is 183 cm³/mol. The Hall–Kier alpha value is -2.15. The Labute approximate surface area is 281 Å². The van der Waals surface area contributed by atoms with Gasteiger partial charge in [0.05, 0.1) is 18.2 Å². The summed E-state index contributed by atoms with van der Waals surface area (Å²) in [6, 6.07) is 7.23. The smallest absolute Gasteiger partial charge is 0.303 e. The van der Waals surface area contributed by atoms with E-state index in [-0.39, 0.29) is 58.0 Å². The number of esters is 1. The minimum atomic E-state index is -0.562. The summed E-state index contributed by atoms with van der Waals surface area (Å²) in [4.78, 5) is 27.0. The van der Waals surface area contributed by atoms with Crippen LogP contribution in [0.3, 0.4) is 0 Å². The van der Waals surface area contributed by atoms with Crippen LogP contribution in [0.25, 0.3) is 0 Å². The fourth-order valence-corrected chi connectivity index (χ4v) is 11.3. The predicted octanol–water partition coefficient (Wildman–Crippen LogP) is 8.11. The highest BCUT2D eigenvalue weighted by Crippen LogP contribution is 2.74. The number of aliphatic hydroxyl groups excluding tert-OH is 2. The number of rotatable bonds is 7. The molecule has 4 saturated carbocycles. The van der Waals surface area contributed by atoms with E-state index < -0.39 is 12.2 Å². The second-order valence-electron chi connectivity index (χ2n) is 16.1. The largest absolute Gasteiger partial charge is 0.458 e. The van der Waals surface area contributed by atoms with Crippen LogP contribution in [-0.4, -0.2) is 40.4 Å². The van der Waals surface area contributed by atoms with Crippen LogP contribution in [0.5, 0.6) is 0 Å². The molecular formula is C39H56ClNO5. The van der Waals surface area contributed by atoms with Crippen LogP contribution in [0.4, 0.5) is 0 Å². The first-order valence-corrected chi connectivity index (χ1v) is 17.9. The molecule has 4 fully saturated rings. The molecule has 0 saturated heterocycles. The summed E-state index contributed by atoms with van der Waals surface area (Å²) < 4.78 is 6.14. The van der Waals surface area contributed by atoms with Crippen molar-refractivity contribution >= 4 is 23.5 Å². The van der Waals surface area contributed by atoms with Gasteiger partial charge >= 0.3 is 5.97 Å². The standard InChI is InChI=1S/C39H56ClNO5/c1-22(2)12-11-14-27(36(45)41-24(4)26-13-9-10-15-30(26)40)34-29-20-32(44)35-37(6)18-17-31(43)23(3)28(37)16-19-38(35,7)39(29,8)21-33(34)46-25(5)42/h9-10,12-13,15,23-24,28-29,31-33,35,43-44H,11,14,16-21H2,1-8H3,(H,41,45)/b34-27-/t23-,24+,28-,29-,31+,32+,33-,35-,37-,38-,39-/m0/s1. The molecule has 46 heavy (non-hydrogen) atoms. The van der Waals surface area contributed by atoms with E-state index in [0.717, 1.165) is 36.8 Å². The first-order chi connectivity index (χ1) is 21.5. The maximum Gasteiger partial charge on any atom is 0.303 e. The van der Waals surface area contributed by atoms with Crippen LogP contribution in [0.15, 0.2) is 47.1 Å². The average Bonchev–Trinajstić information content (AvgIpc) is 3.24. The topological polar surface area (TPSA) is 95.9 Å². The van der Waals surface area contributed by atoms with Crippen LogP contribution in [0, 0.1) is 39.9 Å². The lowest BCUT2D eigenvalue weighted by Crippen LogP contribution is -2.65. The summed E-state index contributed by atoms with van der Waals surface area (Å²) in [7, 11) is 0. The van der Waals surface area contributed by atoms with E-state index in [0.29, 0.717) is 42.2 Å². The molecule has 0 spiro atoms. The summed E-state index contributed by atoms with van der Waals surface area (Å²) in [5.74, 6) is -0.0379. The van der Waals surface area contributed by atoms with Crippen molar-refractivity contribution < 1.29 is 24.5 Å².